The van der Waals surface area contributed by atoms with Crippen LogP contribution in [0.5, 0.6) is 0 Å². The molecule has 15 heavy (non-hydrogen) atoms. The summed E-state index contributed by atoms with van der Waals surface area (Å²) in [6.45, 7) is 2.12. The summed E-state index contributed by atoms with van der Waals surface area (Å²) >= 11 is 0. The van der Waals surface area contributed by atoms with Crippen molar-refractivity contribution in [1.82, 2.24) is 0 Å². The topological polar surface area (TPSA) is 58.4 Å². The first kappa shape index (κ1) is 9.98. The Morgan fingerprint density at radius 3 is 3.00 bits per heavy atom. The molecule has 1 aromatic carbocycles. The Balaban J connectivity index is 2.33. The van der Waals surface area contributed by atoms with Crippen molar-refractivity contribution in [2.45, 2.75) is 6.42 Å². The second kappa shape index (κ2) is 4.31. The fraction of sp³-hybridized carbons (Fsp3) is 0.364. The minimum absolute atomic E-state index is 0.0713. The van der Waals surface area contributed by atoms with Gasteiger partial charge in [0, 0.05) is 26.1 Å². The SMILES string of the molecule is NCCN1CCC(=O)Nc2ccccc21. The molecule has 1 aliphatic rings. The molecule has 4 nitrogen and oxygen atoms in total. The van der Waals surface area contributed by atoms with Gasteiger partial charge in [-0.05, 0) is 12.1 Å². The number of rotatable bonds is 2. The van der Waals surface area contributed by atoms with Crippen molar-refractivity contribution in [3.05, 3.63) is 24.3 Å². The van der Waals surface area contributed by atoms with Crippen molar-refractivity contribution in [3.8, 4) is 0 Å². The molecule has 0 aromatic heterocycles. The Morgan fingerprint density at radius 1 is 1.40 bits per heavy atom. The number of amides is 1. The Morgan fingerprint density at radius 2 is 2.20 bits per heavy atom. The highest BCUT2D eigenvalue weighted by Gasteiger charge is 2.17. The van der Waals surface area contributed by atoms with E-state index in [9.17, 15) is 4.79 Å². The lowest BCUT2D eigenvalue weighted by Gasteiger charge is -2.23. The van der Waals surface area contributed by atoms with Gasteiger partial charge in [0.2, 0.25) is 5.91 Å². The lowest BCUT2D eigenvalue weighted by molar-refractivity contribution is -0.115. The van der Waals surface area contributed by atoms with Crippen molar-refractivity contribution in [3.63, 3.8) is 0 Å². The van der Waals surface area contributed by atoms with E-state index < -0.39 is 0 Å². The van der Waals surface area contributed by atoms with Crippen molar-refractivity contribution in [1.29, 1.82) is 0 Å². The molecule has 0 atom stereocenters. The first-order valence-electron chi connectivity index (χ1n) is 5.15. The molecule has 0 saturated heterocycles. The highest BCUT2D eigenvalue weighted by atomic mass is 16.1. The number of nitrogens with two attached hydrogens (primary N) is 1. The number of carbonyl (C=O) groups excluding carboxylic acids is 1. The van der Waals surface area contributed by atoms with E-state index in [1.807, 2.05) is 24.3 Å². The summed E-state index contributed by atoms with van der Waals surface area (Å²) in [5.41, 5.74) is 7.50. The second-order valence-corrected chi connectivity index (χ2v) is 3.59. The van der Waals surface area contributed by atoms with E-state index >= 15 is 0 Å². The normalized spacial score (nSPS) is 15.5. The van der Waals surface area contributed by atoms with Gasteiger partial charge in [-0.15, -0.1) is 0 Å². The molecule has 1 aromatic rings. The monoisotopic (exact) mass is 205 g/mol. The Kier molecular flexibility index (Phi) is 2.87. The van der Waals surface area contributed by atoms with Crippen molar-refractivity contribution < 1.29 is 4.79 Å². The number of nitrogens with one attached hydrogen (secondary N) is 1. The van der Waals surface area contributed by atoms with Crippen LogP contribution in [0.4, 0.5) is 11.4 Å². The Hall–Kier alpha value is -1.55. The van der Waals surface area contributed by atoms with Crippen LogP contribution in [-0.2, 0) is 4.79 Å². The number of carbonyl (C=O) groups is 1. The van der Waals surface area contributed by atoms with Crippen LogP contribution in [-0.4, -0.2) is 25.5 Å². The van der Waals surface area contributed by atoms with Crippen molar-refractivity contribution >= 4 is 17.3 Å². The number of hydrogen-bond donors (Lipinski definition) is 2. The van der Waals surface area contributed by atoms with Crippen LogP contribution in [0.1, 0.15) is 6.42 Å². The maximum absolute atomic E-state index is 11.4. The fourth-order valence-electron chi connectivity index (χ4n) is 1.81. The molecule has 1 aliphatic heterocycles. The zero-order chi connectivity index (χ0) is 10.7. The van der Waals surface area contributed by atoms with Gasteiger partial charge in [0.1, 0.15) is 0 Å². The molecule has 0 saturated carbocycles. The highest BCUT2D eigenvalue weighted by molar-refractivity contribution is 5.96. The van der Waals surface area contributed by atoms with Gasteiger partial charge in [0.25, 0.3) is 0 Å². The molecule has 1 amide bonds. The Labute approximate surface area is 89.1 Å². The van der Waals surface area contributed by atoms with E-state index in [1.54, 1.807) is 0 Å². The molecule has 0 aliphatic carbocycles. The van der Waals surface area contributed by atoms with Crippen LogP contribution in [0, 0.1) is 0 Å². The molecule has 0 radical (unpaired) electrons. The second-order valence-electron chi connectivity index (χ2n) is 3.59. The third kappa shape index (κ3) is 2.10. The molecule has 2 rings (SSSR count). The molecule has 0 fully saturated rings. The van der Waals surface area contributed by atoms with Gasteiger partial charge in [-0.1, -0.05) is 12.1 Å². The van der Waals surface area contributed by atoms with Crippen LogP contribution in [0.2, 0.25) is 0 Å². The first-order chi connectivity index (χ1) is 7.31. The average Bonchev–Trinajstić information content (AvgIpc) is 2.39. The summed E-state index contributed by atoms with van der Waals surface area (Å²) < 4.78 is 0. The Bertz CT molecular complexity index is 365. The lowest BCUT2D eigenvalue weighted by atomic mass is 10.2. The van der Waals surface area contributed by atoms with Crippen LogP contribution in [0.3, 0.4) is 0 Å². The lowest BCUT2D eigenvalue weighted by Crippen LogP contribution is -2.30. The van der Waals surface area contributed by atoms with E-state index in [2.05, 4.69) is 10.2 Å². The van der Waals surface area contributed by atoms with E-state index in [0.29, 0.717) is 13.0 Å². The molecule has 80 valence electrons. The molecule has 0 unspecified atom stereocenters. The van der Waals surface area contributed by atoms with Gasteiger partial charge in [-0.25, -0.2) is 0 Å². The van der Waals surface area contributed by atoms with E-state index in [0.717, 1.165) is 24.5 Å². The molecule has 0 bridgehead atoms. The number of fused-ring (bicyclic) bond motifs is 1. The molecule has 3 N–H and O–H groups in total. The van der Waals surface area contributed by atoms with E-state index in [1.165, 1.54) is 0 Å². The van der Waals surface area contributed by atoms with E-state index in [-0.39, 0.29) is 5.91 Å². The van der Waals surface area contributed by atoms with Crippen LogP contribution < -0.4 is 16.0 Å². The summed E-state index contributed by atoms with van der Waals surface area (Å²) in [5.74, 6) is 0.0713. The number of anilines is 2. The molecular formula is C11H15N3O. The maximum Gasteiger partial charge on any atom is 0.226 e. The largest absolute Gasteiger partial charge is 0.368 e. The van der Waals surface area contributed by atoms with Gasteiger partial charge >= 0.3 is 0 Å². The molecule has 4 heteroatoms. The third-order valence-electron chi connectivity index (χ3n) is 2.53. The smallest absolute Gasteiger partial charge is 0.226 e. The average molecular weight is 205 g/mol. The zero-order valence-corrected chi connectivity index (χ0v) is 8.57. The zero-order valence-electron chi connectivity index (χ0n) is 8.57. The van der Waals surface area contributed by atoms with Gasteiger partial charge < -0.3 is 16.0 Å². The standard InChI is InChI=1S/C11H15N3O/c12-6-8-14-7-5-11(15)13-9-3-1-2-4-10(9)14/h1-4H,5-8,12H2,(H,13,15). The van der Waals surface area contributed by atoms with Crippen molar-refractivity contribution in [2.75, 3.05) is 29.9 Å². The summed E-state index contributed by atoms with van der Waals surface area (Å²) in [6.07, 6.45) is 0.522. The summed E-state index contributed by atoms with van der Waals surface area (Å²) in [7, 11) is 0. The van der Waals surface area contributed by atoms with Crippen LogP contribution in [0.15, 0.2) is 24.3 Å². The van der Waals surface area contributed by atoms with Gasteiger partial charge in [0.15, 0.2) is 0 Å². The summed E-state index contributed by atoms with van der Waals surface area (Å²) in [5, 5.41) is 2.89. The van der Waals surface area contributed by atoms with Gasteiger partial charge in [-0.2, -0.15) is 0 Å². The van der Waals surface area contributed by atoms with Crippen molar-refractivity contribution in [2.24, 2.45) is 5.73 Å². The number of nitrogens with zero attached hydrogens (tertiary/aromatic N) is 1. The quantitative estimate of drug-likeness (QED) is 0.750. The minimum Gasteiger partial charge on any atom is -0.368 e. The van der Waals surface area contributed by atoms with Crippen LogP contribution in [0.25, 0.3) is 0 Å². The van der Waals surface area contributed by atoms with Gasteiger partial charge in [0.05, 0.1) is 11.4 Å². The number of hydrogen-bond acceptors (Lipinski definition) is 3. The third-order valence-corrected chi connectivity index (χ3v) is 2.53. The first-order valence-corrected chi connectivity index (χ1v) is 5.15. The van der Waals surface area contributed by atoms with Gasteiger partial charge in [-0.3, -0.25) is 4.79 Å². The highest BCUT2D eigenvalue weighted by Crippen LogP contribution is 2.27. The molecular weight excluding hydrogens is 190 g/mol. The summed E-state index contributed by atoms with van der Waals surface area (Å²) in [6, 6.07) is 7.82. The summed E-state index contributed by atoms with van der Waals surface area (Å²) in [4.78, 5) is 13.6. The van der Waals surface area contributed by atoms with Crippen LogP contribution >= 0.6 is 0 Å². The molecule has 0 spiro atoms. The maximum atomic E-state index is 11.4. The predicted molar refractivity (Wildman–Crippen MR) is 61.0 cm³/mol. The number of para-hydroxylation sites is 2. The predicted octanol–water partition coefficient (Wildman–Crippen LogP) is 0.794. The fourth-order valence-corrected chi connectivity index (χ4v) is 1.81. The minimum atomic E-state index is 0.0713. The van der Waals surface area contributed by atoms with E-state index in [4.69, 9.17) is 5.73 Å². The molecule has 1 heterocycles. The number of benzene rings is 1.